The van der Waals surface area contributed by atoms with Gasteiger partial charge < -0.3 is 0 Å². The van der Waals surface area contributed by atoms with Gasteiger partial charge in [0.05, 0.1) is 6.07 Å². The summed E-state index contributed by atoms with van der Waals surface area (Å²) in [7, 11) is 0. The van der Waals surface area contributed by atoms with Crippen LogP contribution in [-0.4, -0.2) is 11.6 Å². The van der Waals surface area contributed by atoms with E-state index in [1.165, 1.54) is 12.8 Å². The lowest BCUT2D eigenvalue weighted by molar-refractivity contribution is 0.102. The summed E-state index contributed by atoms with van der Waals surface area (Å²) in [6.45, 7) is 8.66. The Kier molecular flexibility index (Phi) is 3.21. The molecule has 2 heteroatoms. The molecule has 0 bridgehead atoms. The number of hydrogen-bond acceptors (Lipinski definition) is 2. The second-order valence-electron chi connectivity index (χ2n) is 5.41. The molecule has 0 spiro atoms. The van der Waals surface area contributed by atoms with Gasteiger partial charge in [0.1, 0.15) is 5.54 Å². The first-order chi connectivity index (χ1) is 6.43. The van der Waals surface area contributed by atoms with Crippen LogP contribution in [0.4, 0.5) is 0 Å². The zero-order chi connectivity index (χ0) is 10.8. The molecule has 1 N–H and O–H groups in total. The molecular formula is C12H22N2. The van der Waals surface area contributed by atoms with Gasteiger partial charge in [-0.25, -0.2) is 0 Å². The van der Waals surface area contributed by atoms with E-state index in [0.29, 0.717) is 6.04 Å². The molecule has 1 atom stereocenters. The molecule has 1 saturated carbocycles. The smallest absolute Gasteiger partial charge is 0.112 e. The van der Waals surface area contributed by atoms with Crippen LogP contribution in [0.2, 0.25) is 0 Å². The standard InChI is InChI=1S/C12H22N2/c1-10(2)14-12(9-13)8-6-5-7-11(12,3)4/h10,14H,5-8H2,1-4H3. The van der Waals surface area contributed by atoms with Crippen molar-refractivity contribution in [2.24, 2.45) is 5.41 Å². The van der Waals surface area contributed by atoms with E-state index in [9.17, 15) is 5.26 Å². The Hall–Kier alpha value is -0.550. The fourth-order valence-electron chi connectivity index (χ4n) is 2.51. The van der Waals surface area contributed by atoms with E-state index in [-0.39, 0.29) is 11.0 Å². The molecule has 0 heterocycles. The molecule has 0 saturated heterocycles. The summed E-state index contributed by atoms with van der Waals surface area (Å²) in [4.78, 5) is 0. The van der Waals surface area contributed by atoms with Crippen molar-refractivity contribution >= 4 is 0 Å². The van der Waals surface area contributed by atoms with Crippen LogP contribution in [0.15, 0.2) is 0 Å². The lowest BCUT2D eigenvalue weighted by atomic mass is 9.63. The van der Waals surface area contributed by atoms with Gasteiger partial charge in [-0.1, -0.05) is 26.7 Å². The molecule has 0 aromatic heterocycles. The molecule has 0 aliphatic heterocycles. The van der Waals surface area contributed by atoms with Gasteiger partial charge in [-0.15, -0.1) is 0 Å². The third-order valence-corrected chi connectivity index (χ3v) is 3.48. The number of nitriles is 1. The van der Waals surface area contributed by atoms with E-state index in [1.807, 2.05) is 0 Å². The predicted molar refractivity (Wildman–Crippen MR) is 58.9 cm³/mol. The molecule has 0 radical (unpaired) electrons. The maximum absolute atomic E-state index is 9.41. The molecule has 80 valence electrons. The molecular weight excluding hydrogens is 172 g/mol. The van der Waals surface area contributed by atoms with Crippen molar-refractivity contribution in [3.63, 3.8) is 0 Å². The predicted octanol–water partition coefficient (Wildman–Crippen LogP) is 2.85. The van der Waals surface area contributed by atoms with Gasteiger partial charge >= 0.3 is 0 Å². The van der Waals surface area contributed by atoms with Gasteiger partial charge in [-0.05, 0) is 32.1 Å². The second-order valence-corrected chi connectivity index (χ2v) is 5.41. The Morgan fingerprint density at radius 3 is 2.21 bits per heavy atom. The Bertz CT molecular complexity index is 237. The van der Waals surface area contributed by atoms with Crippen molar-refractivity contribution in [2.75, 3.05) is 0 Å². The van der Waals surface area contributed by atoms with E-state index in [1.54, 1.807) is 0 Å². The molecule has 1 rings (SSSR count). The topological polar surface area (TPSA) is 35.8 Å². The molecule has 14 heavy (non-hydrogen) atoms. The first kappa shape index (κ1) is 11.5. The van der Waals surface area contributed by atoms with Crippen molar-refractivity contribution < 1.29 is 0 Å². The SMILES string of the molecule is CC(C)NC1(C#N)CCCCC1(C)C. The highest BCUT2D eigenvalue weighted by molar-refractivity contribution is 5.16. The van der Waals surface area contributed by atoms with Crippen molar-refractivity contribution in [2.45, 2.75) is 65.0 Å². The summed E-state index contributed by atoms with van der Waals surface area (Å²) in [6.07, 6.45) is 4.59. The Balaban J connectivity index is 2.90. The Morgan fingerprint density at radius 1 is 1.21 bits per heavy atom. The van der Waals surface area contributed by atoms with Gasteiger partial charge in [0.2, 0.25) is 0 Å². The summed E-state index contributed by atoms with van der Waals surface area (Å²) in [5, 5.41) is 12.9. The summed E-state index contributed by atoms with van der Waals surface area (Å²) < 4.78 is 0. The first-order valence-corrected chi connectivity index (χ1v) is 5.62. The fourth-order valence-corrected chi connectivity index (χ4v) is 2.51. The Morgan fingerprint density at radius 2 is 1.79 bits per heavy atom. The van der Waals surface area contributed by atoms with Crippen molar-refractivity contribution in [1.82, 2.24) is 5.32 Å². The van der Waals surface area contributed by atoms with Crippen LogP contribution in [0.1, 0.15) is 53.4 Å². The molecule has 1 aliphatic rings. The maximum atomic E-state index is 9.41. The summed E-state index contributed by atoms with van der Waals surface area (Å²) in [5.41, 5.74) is -0.205. The van der Waals surface area contributed by atoms with Crippen molar-refractivity contribution in [1.29, 1.82) is 5.26 Å². The number of rotatable bonds is 2. The zero-order valence-electron chi connectivity index (χ0n) is 9.85. The first-order valence-electron chi connectivity index (χ1n) is 5.62. The lowest BCUT2D eigenvalue weighted by Crippen LogP contribution is -2.58. The van der Waals surface area contributed by atoms with Crippen LogP contribution in [0.3, 0.4) is 0 Å². The van der Waals surface area contributed by atoms with Crippen molar-refractivity contribution in [3.8, 4) is 6.07 Å². The zero-order valence-corrected chi connectivity index (χ0v) is 9.85. The summed E-state index contributed by atoms with van der Waals surface area (Å²) in [6, 6.07) is 2.91. The van der Waals surface area contributed by atoms with Gasteiger partial charge in [0, 0.05) is 6.04 Å². The van der Waals surface area contributed by atoms with Crippen molar-refractivity contribution in [3.05, 3.63) is 0 Å². The van der Waals surface area contributed by atoms with Crippen LogP contribution in [0, 0.1) is 16.7 Å². The maximum Gasteiger partial charge on any atom is 0.112 e. The fraction of sp³-hybridized carbons (Fsp3) is 0.917. The van der Waals surface area contributed by atoms with Crippen LogP contribution >= 0.6 is 0 Å². The molecule has 1 fully saturated rings. The molecule has 1 unspecified atom stereocenters. The van der Waals surface area contributed by atoms with Crippen LogP contribution < -0.4 is 5.32 Å². The Labute approximate surface area is 87.7 Å². The largest absolute Gasteiger partial charge is 0.297 e. The minimum absolute atomic E-state index is 0.101. The molecule has 0 aromatic carbocycles. The molecule has 0 amide bonds. The van der Waals surface area contributed by atoms with Gasteiger partial charge in [0.15, 0.2) is 0 Å². The van der Waals surface area contributed by atoms with Crippen LogP contribution in [0.5, 0.6) is 0 Å². The summed E-state index contributed by atoms with van der Waals surface area (Å²) >= 11 is 0. The van der Waals surface area contributed by atoms with E-state index in [0.717, 1.165) is 12.8 Å². The van der Waals surface area contributed by atoms with Gasteiger partial charge in [-0.3, -0.25) is 5.32 Å². The minimum atomic E-state index is -0.306. The monoisotopic (exact) mass is 194 g/mol. The quantitative estimate of drug-likeness (QED) is 0.733. The van der Waals surface area contributed by atoms with E-state index in [4.69, 9.17) is 0 Å². The van der Waals surface area contributed by atoms with Gasteiger partial charge in [0.25, 0.3) is 0 Å². The van der Waals surface area contributed by atoms with Crippen LogP contribution in [0.25, 0.3) is 0 Å². The summed E-state index contributed by atoms with van der Waals surface area (Å²) in [5.74, 6) is 0. The number of nitrogens with one attached hydrogen (secondary N) is 1. The number of hydrogen-bond donors (Lipinski definition) is 1. The van der Waals surface area contributed by atoms with Crippen LogP contribution in [-0.2, 0) is 0 Å². The molecule has 1 aliphatic carbocycles. The highest BCUT2D eigenvalue weighted by atomic mass is 15.0. The third-order valence-electron chi connectivity index (χ3n) is 3.48. The third kappa shape index (κ3) is 1.93. The van der Waals surface area contributed by atoms with E-state index in [2.05, 4.69) is 39.1 Å². The highest BCUT2D eigenvalue weighted by Gasteiger charge is 2.47. The minimum Gasteiger partial charge on any atom is -0.297 e. The average Bonchev–Trinajstić information content (AvgIpc) is 2.08. The van der Waals surface area contributed by atoms with Gasteiger partial charge in [-0.2, -0.15) is 5.26 Å². The van der Waals surface area contributed by atoms with E-state index < -0.39 is 0 Å². The molecule has 2 nitrogen and oxygen atoms in total. The van der Waals surface area contributed by atoms with E-state index >= 15 is 0 Å². The average molecular weight is 194 g/mol. The normalized spacial score (nSPS) is 31.4. The molecule has 0 aromatic rings. The number of nitrogens with zero attached hydrogens (tertiary/aromatic N) is 1. The lowest BCUT2D eigenvalue weighted by Gasteiger charge is -2.47. The highest BCUT2D eigenvalue weighted by Crippen LogP contribution is 2.43. The second kappa shape index (κ2) is 3.90.